The van der Waals surface area contributed by atoms with E-state index >= 15 is 0 Å². The molecule has 0 saturated carbocycles. The average Bonchev–Trinajstić information content (AvgIpc) is 3.96. The van der Waals surface area contributed by atoms with Crippen molar-refractivity contribution in [1.82, 2.24) is 9.13 Å². The van der Waals surface area contributed by atoms with Gasteiger partial charge in [-0.15, -0.1) is 0 Å². The van der Waals surface area contributed by atoms with E-state index in [0.717, 1.165) is 0 Å². The molecule has 10 aromatic rings. The Labute approximate surface area is 401 Å². The lowest BCUT2D eigenvalue weighted by Crippen LogP contribution is -2.60. The van der Waals surface area contributed by atoms with E-state index in [1.165, 1.54) is 144 Å². The van der Waals surface area contributed by atoms with Crippen LogP contribution in [-0.4, -0.2) is 15.8 Å². The fourth-order valence-corrected chi connectivity index (χ4v) is 13.6. The molecule has 0 saturated heterocycles. The minimum Gasteiger partial charge on any atom is -0.310 e. The van der Waals surface area contributed by atoms with E-state index in [0.29, 0.717) is 0 Å². The summed E-state index contributed by atoms with van der Waals surface area (Å²) in [6, 6.07) is 57.8. The number of nitrogens with zero attached hydrogens (tertiary/aromatic N) is 2. The maximum Gasteiger partial charge on any atom is 0.252 e. The van der Waals surface area contributed by atoms with Crippen LogP contribution >= 0.6 is 0 Å². The van der Waals surface area contributed by atoms with Gasteiger partial charge >= 0.3 is 0 Å². The second kappa shape index (κ2) is 12.8. The molecule has 14 rings (SSSR count). The Morgan fingerprint density at radius 2 is 0.985 bits per heavy atom. The van der Waals surface area contributed by atoms with Gasteiger partial charge in [0.2, 0.25) is 0 Å². The van der Waals surface area contributed by atoms with E-state index in [1.807, 2.05) is 0 Å². The highest BCUT2D eigenvalue weighted by molar-refractivity contribution is 7.00. The number of rotatable bonds is 2. The van der Waals surface area contributed by atoms with Crippen LogP contribution in [0.3, 0.4) is 0 Å². The first-order chi connectivity index (χ1) is 32.5. The number of hydrogen-bond donors (Lipinski definition) is 0. The molecule has 0 atom stereocenters. The number of hydrogen-bond acceptors (Lipinski definition) is 0. The largest absolute Gasteiger partial charge is 0.310 e. The molecule has 0 amide bonds. The van der Waals surface area contributed by atoms with E-state index in [-0.39, 0.29) is 23.0 Å². The molecule has 1 aliphatic carbocycles. The standard InChI is InChI=1S/C65H57BN2/c1-36-20-30-48-59-53(36)54-37(2)21-32-50-61(54)68(59)60-49(65(48)46-18-14-12-16-43(46)44-17-13-15-19-47(44)65)31-33-52-56(60)66(50)51-35-42(64(9,10)11)34-45-55(38-22-26-40(27-23-38)62(3,4)5)57(67(52)58(45)51)39-24-28-41(29-25-39)63(6,7)8/h12-35H,1-11H3. The van der Waals surface area contributed by atoms with Gasteiger partial charge in [0, 0.05) is 44.1 Å². The maximum atomic E-state index is 2.76. The van der Waals surface area contributed by atoms with Crippen LogP contribution in [0, 0.1) is 13.8 Å². The van der Waals surface area contributed by atoms with Crippen molar-refractivity contribution in [3.63, 3.8) is 0 Å². The minimum atomic E-state index is -0.505. The third kappa shape index (κ3) is 4.80. The van der Waals surface area contributed by atoms with Crippen molar-refractivity contribution in [2.24, 2.45) is 0 Å². The summed E-state index contributed by atoms with van der Waals surface area (Å²) in [6.45, 7) is 25.8. The Morgan fingerprint density at radius 1 is 0.441 bits per heavy atom. The average molecular weight is 877 g/mol. The molecule has 330 valence electrons. The molecule has 4 aliphatic rings. The van der Waals surface area contributed by atoms with Crippen LogP contribution in [0.25, 0.3) is 77.6 Å². The molecule has 0 radical (unpaired) electrons. The smallest absolute Gasteiger partial charge is 0.252 e. The van der Waals surface area contributed by atoms with Crippen molar-refractivity contribution in [1.29, 1.82) is 0 Å². The summed E-state index contributed by atoms with van der Waals surface area (Å²) in [7, 11) is 0. The second-order valence-electron chi connectivity index (χ2n) is 23.8. The number of aryl methyl sites for hydroxylation is 2. The van der Waals surface area contributed by atoms with Crippen molar-refractivity contribution in [3.8, 4) is 44.9 Å². The first-order valence-electron chi connectivity index (χ1n) is 24.9. The first kappa shape index (κ1) is 40.3. The zero-order valence-electron chi connectivity index (χ0n) is 41.3. The Balaban J connectivity index is 1.21. The summed E-state index contributed by atoms with van der Waals surface area (Å²) in [5, 5.41) is 4.13. The van der Waals surface area contributed by atoms with Gasteiger partial charge in [-0.3, -0.25) is 0 Å². The summed E-state index contributed by atoms with van der Waals surface area (Å²) in [4.78, 5) is 0. The minimum absolute atomic E-state index is 0.0186. The van der Waals surface area contributed by atoms with Crippen molar-refractivity contribution >= 4 is 55.8 Å². The molecular formula is C65H57BN2. The lowest BCUT2D eigenvalue weighted by molar-refractivity contribution is 0.590. The van der Waals surface area contributed by atoms with Crippen molar-refractivity contribution < 1.29 is 0 Å². The van der Waals surface area contributed by atoms with Gasteiger partial charge in [-0.25, -0.2) is 0 Å². The Kier molecular flexibility index (Phi) is 7.59. The molecule has 0 unspecified atom stereocenters. The van der Waals surface area contributed by atoms with Crippen molar-refractivity contribution in [3.05, 3.63) is 196 Å². The van der Waals surface area contributed by atoms with Gasteiger partial charge in [-0.05, 0) is 131 Å². The van der Waals surface area contributed by atoms with Crippen molar-refractivity contribution in [2.75, 3.05) is 0 Å². The van der Waals surface area contributed by atoms with Gasteiger partial charge in [0.25, 0.3) is 6.71 Å². The van der Waals surface area contributed by atoms with Gasteiger partial charge in [-0.1, -0.05) is 196 Å². The van der Waals surface area contributed by atoms with E-state index in [1.54, 1.807) is 0 Å². The molecule has 0 bridgehead atoms. The van der Waals surface area contributed by atoms with Crippen LogP contribution in [0.4, 0.5) is 0 Å². The molecule has 0 fully saturated rings. The van der Waals surface area contributed by atoms with Gasteiger partial charge in [0.15, 0.2) is 0 Å². The Morgan fingerprint density at radius 3 is 1.59 bits per heavy atom. The maximum absolute atomic E-state index is 2.76. The molecule has 2 nitrogen and oxygen atoms in total. The summed E-state index contributed by atoms with van der Waals surface area (Å²) < 4.78 is 5.48. The Hall–Kier alpha value is -6.84. The lowest BCUT2D eigenvalue weighted by Gasteiger charge is -2.44. The first-order valence-corrected chi connectivity index (χ1v) is 24.9. The van der Waals surface area contributed by atoms with E-state index < -0.39 is 5.41 Å². The van der Waals surface area contributed by atoms with Crippen LogP contribution in [0.15, 0.2) is 146 Å². The van der Waals surface area contributed by atoms with Crippen molar-refractivity contribution in [2.45, 2.75) is 97.8 Å². The highest BCUT2D eigenvalue weighted by atomic mass is 15.1. The zero-order valence-corrected chi connectivity index (χ0v) is 41.3. The molecule has 8 aromatic carbocycles. The van der Waals surface area contributed by atoms with E-state index in [9.17, 15) is 0 Å². The highest BCUT2D eigenvalue weighted by Crippen LogP contribution is 2.62. The normalized spacial score (nSPS) is 14.8. The van der Waals surface area contributed by atoms with Crippen LogP contribution in [0.2, 0.25) is 0 Å². The third-order valence-corrected chi connectivity index (χ3v) is 16.9. The highest BCUT2D eigenvalue weighted by Gasteiger charge is 2.54. The fraction of sp³-hybridized carbons (Fsp3) is 0.231. The SMILES string of the molecule is Cc1ccc2c3c1c1c(C)ccc4c1n3-c1c(ccc3c1B2c1cc(C(C)(C)C)cc2c(-c5ccc(C(C)(C)C)cc5)c(-c5ccc(C(C)(C)C)cc5)n-3c12)C41c2ccccc2-c2ccccc21. The van der Waals surface area contributed by atoms with E-state index in [2.05, 4.69) is 231 Å². The monoisotopic (exact) mass is 876 g/mol. The number of benzene rings is 8. The van der Waals surface area contributed by atoms with Crippen LogP contribution in [-0.2, 0) is 21.7 Å². The van der Waals surface area contributed by atoms with Gasteiger partial charge in [-0.2, -0.15) is 0 Å². The van der Waals surface area contributed by atoms with Crippen LogP contribution in [0.5, 0.6) is 0 Å². The molecule has 1 spiro atoms. The summed E-state index contributed by atoms with van der Waals surface area (Å²) >= 11 is 0. The summed E-state index contributed by atoms with van der Waals surface area (Å²) in [5.41, 5.74) is 30.5. The summed E-state index contributed by atoms with van der Waals surface area (Å²) in [5.74, 6) is 0. The topological polar surface area (TPSA) is 9.86 Å². The molecule has 2 aromatic heterocycles. The van der Waals surface area contributed by atoms with Crippen LogP contribution < -0.4 is 16.4 Å². The fourth-order valence-electron chi connectivity index (χ4n) is 13.6. The Bertz CT molecular complexity index is 3860. The predicted octanol–water partition coefficient (Wildman–Crippen LogP) is 14.4. The van der Waals surface area contributed by atoms with Gasteiger partial charge in [0.05, 0.1) is 16.6 Å². The molecule has 3 aliphatic heterocycles. The number of aromatic nitrogens is 2. The molecule has 3 heteroatoms. The zero-order chi connectivity index (χ0) is 46.7. The molecule has 68 heavy (non-hydrogen) atoms. The predicted molar refractivity (Wildman–Crippen MR) is 290 cm³/mol. The van der Waals surface area contributed by atoms with Gasteiger partial charge in [0.1, 0.15) is 0 Å². The lowest BCUT2D eigenvalue weighted by atomic mass is 9.33. The summed E-state index contributed by atoms with van der Waals surface area (Å²) in [6.07, 6.45) is 0. The van der Waals surface area contributed by atoms with E-state index in [4.69, 9.17) is 0 Å². The molecule has 5 heterocycles. The van der Waals surface area contributed by atoms with Gasteiger partial charge < -0.3 is 9.13 Å². The second-order valence-corrected chi connectivity index (χ2v) is 23.8. The third-order valence-electron chi connectivity index (χ3n) is 16.9. The quantitative estimate of drug-likeness (QED) is 0.153. The number of fused-ring (bicyclic) bond motifs is 11. The van der Waals surface area contributed by atoms with Crippen LogP contribution in [0.1, 0.15) is 112 Å². The molecular weight excluding hydrogens is 820 g/mol. The molecule has 0 N–H and O–H groups in total.